The highest BCUT2D eigenvalue weighted by Crippen LogP contribution is 2.17. The van der Waals surface area contributed by atoms with Gasteiger partial charge in [0.15, 0.2) is 6.10 Å². The van der Waals surface area contributed by atoms with E-state index in [1.807, 2.05) is 0 Å². The van der Waals surface area contributed by atoms with Gasteiger partial charge >= 0.3 is 17.9 Å². The third kappa shape index (κ3) is 47.3. The number of carbonyl (C=O) groups excluding carboxylic acids is 3. The zero-order valence-electron chi connectivity index (χ0n) is 40.4. The van der Waals surface area contributed by atoms with Crippen molar-refractivity contribution in [1.29, 1.82) is 0 Å². The topological polar surface area (TPSA) is 78.9 Å². The molecule has 0 radical (unpaired) electrons. The Morgan fingerprint density at radius 1 is 0.322 bits per heavy atom. The number of rotatable bonds is 47. The zero-order valence-corrected chi connectivity index (χ0v) is 40.4. The summed E-state index contributed by atoms with van der Waals surface area (Å²) in [5.41, 5.74) is 0. The van der Waals surface area contributed by atoms with E-state index in [1.165, 1.54) is 180 Å². The van der Waals surface area contributed by atoms with E-state index in [1.54, 1.807) is 0 Å². The Morgan fingerprint density at radius 2 is 0.559 bits per heavy atom. The maximum absolute atomic E-state index is 12.8. The fourth-order valence-electron chi connectivity index (χ4n) is 7.99. The number of hydrogen-bond donors (Lipinski definition) is 0. The van der Waals surface area contributed by atoms with Crippen molar-refractivity contribution in [2.75, 3.05) is 13.2 Å². The first-order chi connectivity index (χ1) is 28.7. The maximum Gasteiger partial charge on any atom is 0.306 e. The molecule has 0 aliphatic carbocycles. The van der Waals surface area contributed by atoms with Gasteiger partial charge in [0.05, 0.1) is 0 Å². The average Bonchev–Trinajstić information content (AvgIpc) is 3.20. The molecule has 0 aliphatic heterocycles. The summed E-state index contributed by atoms with van der Waals surface area (Å²) in [5.74, 6) is 0.816. The van der Waals surface area contributed by atoms with Crippen molar-refractivity contribution in [2.45, 2.75) is 298 Å². The highest BCUT2D eigenvalue weighted by atomic mass is 16.6. The monoisotopic (exact) mass is 835 g/mol. The van der Waals surface area contributed by atoms with Crippen molar-refractivity contribution in [1.82, 2.24) is 0 Å². The van der Waals surface area contributed by atoms with Crippen LogP contribution in [0.15, 0.2) is 0 Å². The summed E-state index contributed by atoms with van der Waals surface area (Å²) in [6, 6.07) is 0. The summed E-state index contributed by atoms with van der Waals surface area (Å²) in [7, 11) is 0. The van der Waals surface area contributed by atoms with Gasteiger partial charge in [0, 0.05) is 19.3 Å². The van der Waals surface area contributed by atoms with E-state index < -0.39 is 6.10 Å². The quantitative estimate of drug-likeness (QED) is 0.0345. The van der Waals surface area contributed by atoms with Crippen LogP contribution in [0.25, 0.3) is 0 Å². The Hall–Kier alpha value is -1.59. The molecule has 0 heterocycles. The molecule has 6 nitrogen and oxygen atoms in total. The molecule has 59 heavy (non-hydrogen) atoms. The highest BCUT2D eigenvalue weighted by Gasteiger charge is 2.19. The lowest BCUT2D eigenvalue weighted by atomic mass is 10.0. The summed E-state index contributed by atoms with van der Waals surface area (Å²) in [4.78, 5) is 37.9. The Balaban J connectivity index is 4.27. The summed E-state index contributed by atoms with van der Waals surface area (Å²) >= 11 is 0. The van der Waals surface area contributed by atoms with Crippen molar-refractivity contribution in [3.05, 3.63) is 0 Å². The van der Waals surface area contributed by atoms with E-state index in [-0.39, 0.29) is 31.1 Å². The molecule has 0 fully saturated rings. The van der Waals surface area contributed by atoms with Crippen LogP contribution in [0, 0.1) is 11.8 Å². The first-order valence-corrected chi connectivity index (χ1v) is 26.2. The summed E-state index contributed by atoms with van der Waals surface area (Å²) in [6.07, 6.45) is 46.6. The lowest BCUT2D eigenvalue weighted by Crippen LogP contribution is -2.30. The first-order valence-electron chi connectivity index (χ1n) is 26.2. The highest BCUT2D eigenvalue weighted by molar-refractivity contribution is 5.71. The predicted octanol–water partition coefficient (Wildman–Crippen LogP) is 16.9. The van der Waals surface area contributed by atoms with Crippen LogP contribution in [0.3, 0.4) is 0 Å². The Morgan fingerprint density at radius 3 is 0.831 bits per heavy atom. The molecule has 0 spiro atoms. The van der Waals surface area contributed by atoms with E-state index in [2.05, 4.69) is 34.6 Å². The van der Waals surface area contributed by atoms with E-state index in [0.717, 1.165) is 69.6 Å². The molecule has 0 aliphatic rings. The van der Waals surface area contributed by atoms with Gasteiger partial charge in [-0.05, 0) is 31.1 Å². The SMILES string of the molecule is CCCCCCCCCCCCCC(=O)O[C@H](COC(=O)CCCCCCCCCCCCCCCCC(C)C)COC(=O)CCCCCCCCCCCCC(C)C. The summed E-state index contributed by atoms with van der Waals surface area (Å²) in [6.45, 7) is 11.4. The van der Waals surface area contributed by atoms with Gasteiger partial charge in [-0.3, -0.25) is 14.4 Å². The minimum Gasteiger partial charge on any atom is -0.462 e. The molecule has 1 atom stereocenters. The molecule has 0 aromatic rings. The number of ether oxygens (including phenoxy) is 3. The Bertz CT molecular complexity index is 900. The van der Waals surface area contributed by atoms with Crippen molar-refractivity contribution in [3.63, 3.8) is 0 Å². The van der Waals surface area contributed by atoms with E-state index in [0.29, 0.717) is 19.3 Å². The van der Waals surface area contributed by atoms with Crippen LogP contribution in [0.5, 0.6) is 0 Å². The van der Waals surface area contributed by atoms with E-state index in [9.17, 15) is 14.4 Å². The van der Waals surface area contributed by atoms with Crippen LogP contribution in [0.1, 0.15) is 291 Å². The molecule has 0 amide bonds. The number of esters is 3. The van der Waals surface area contributed by atoms with E-state index >= 15 is 0 Å². The Labute approximate surface area is 368 Å². The fraction of sp³-hybridized carbons (Fsp3) is 0.943. The molecule has 0 N–H and O–H groups in total. The van der Waals surface area contributed by atoms with Gasteiger partial charge in [-0.15, -0.1) is 0 Å². The molecule has 0 aromatic heterocycles. The van der Waals surface area contributed by atoms with Gasteiger partial charge < -0.3 is 14.2 Å². The molecular weight excluding hydrogens is 733 g/mol. The molecule has 6 heteroatoms. The van der Waals surface area contributed by atoms with Gasteiger partial charge in [-0.1, -0.05) is 253 Å². The molecule has 350 valence electrons. The molecule has 0 saturated carbocycles. The third-order valence-electron chi connectivity index (χ3n) is 12.0. The van der Waals surface area contributed by atoms with Crippen LogP contribution in [-0.4, -0.2) is 37.2 Å². The van der Waals surface area contributed by atoms with E-state index in [4.69, 9.17) is 14.2 Å². The van der Waals surface area contributed by atoms with Crippen molar-refractivity contribution < 1.29 is 28.6 Å². The first kappa shape index (κ1) is 57.4. The van der Waals surface area contributed by atoms with Crippen molar-refractivity contribution >= 4 is 17.9 Å². The van der Waals surface area contributed by atoms with Crippen LogP contribution >= 0.6 is 0 Å². The number of hydrogen-bond acceptors (Lipinski definition) is 6. The lowest BCUT2D eigenvalue weighted by molar-refractivity contribution is -0.167. The maximum atomic E-state index is 12.8. The minimum atomic E-state index is -0.761. The van der Waals surface area contributed by atoms with Gasteiger partial charge in [0.25, 0.3) is 0 Å². The van der Waals surface area contributed by atoms with Gasteiger partial charge in [0.2, 0.25) is 0 Å². The largest absolute Gasteiger partial charge is 0.462 e. The Kier molecular flexibility index (Phi) is 44.7. The van der Waals surface area contributed by atoms with Crippen molar-refractivity contribution in [3.8, 4) is 0 Å². The smallest absolute Gasteiger partial charge is 0.306 e. The molecule has 0 aromatic carbocycles. The molecule has 0 rings (SSSR count). The lowest BCUT2D eigenvalue weighted by Gasteiger charge is -2.18. The average molecular weight is 835 g/mol. The minimum absolute atomic E-state index is 0.0635. The molecular formula is C53H102O6. The molecule has 0 saturated heterocycles. The predicted molar refractivity (Wildman–Crippen MR) is 252 cm³/mol. The second-order valence-corrected chi connectivity index (χ2v) is 19.1. The second-order valence-electron chi connectivity index (χ2n) is 19.1. The molecule has 0 unspecified atom stereocenters. The van der Waals surface area contributed by atoms with Gasteiger partial charge in [0.1, 0.15) is 13.2 Å². The van der Waals surface area contributed by atoms with Crippen molar-refractivity contribution in [2.24, 2.45) is 11.8 Å². The number of carbonyl (C=O) groups is 3. The fourth-order valence-corrected chi connectivity index (χ4v) is 7.99. The third-order valence-corrected chi connectivity index (χ3v) is 12.0. The van der Waals surface area contributed by atoms with Gasteiger partial charge in [-0.25, -0.2) is 0 Å². The van der Waals surface area contributed by atoms with Crippen LogP contribution < -0.4 is 0 Å². The van der Waals surface area contributed by atoms with Crippen LogP contribution in [0.4, 0.5) is 0 Å². The number of unbranched alkanes of at least 4 members (excludes halogenated alkanes) is 32. The van der Waals surface area contributed by atoms with Crippen LogP contribution in [-0.2, 0) is 28.6 Å². The molecule has 0 bridgehead atoms. The zero-order chi connectivity index (χ0) is 43.3. The summed E-state index contributed by atoms with van der Waals surface area (Å²) < 4.78 is 16.8. The summed E-state index contributed by atoms with van der Waals surface area (Å²) in [5, 5.41) is 0. The normalized spacial score (nSPS) is 12.1. The van der Waals surface area contributed by atoms with Gasteiger partial charge in [-0.2, -0.15) is 0 Å². The second kappa shape index (κ2) is 45.9. The standard InChI is InChI=1S/C53H102O6/c1-6-7-8-9-10-11-16-25-30-35-40-45-53(56)59-50(47-58-52(55)44-39-34-29-24-20-19-22-27-32-37-42-49(4)5)46-57-51(54)43-38-33-28-23-18-15-13-12-14-17-21-26-31-36-41-48(2)3/h48-50H,6-47H2,1-5H3/t50-/m1/s1. The van der Waals surface area contributed by atoms with Crippen LogP contribution in [0.2, 0.25) is 0 Å².